The molecule has 0 N–H and O–H groups in total. The highest BCUT2D eigenvalue weighted by atomic mass is 19.1. The molecule has 3 aromatic rings. The molecule has 1 aromatic carbocycles. The lowest BCUT2D eigenvalue weighted by molar-refractivity contribution is 0.353. The summed E-state index contributed by atoms with van der Waals surface area (Å²) in [5.41, 5.74) is 5.31. The van der Waals surface area contributed by atoms with E-state index < -0.39 is 0 Å². The van der Waals surface area contributed by atoms with E-state index in [1.165, 1.54) is 48.5 Å². The summed E-state index contributed by atoms with van der Waals surface area (Å²) in [5, 5.41) is 4.94. The average Bonchev–Trinajstić information content (AvgIpc) is 3.09. The summed E-state index contributed by atoms with van der Waals surface area (Å²) in [5.74, 6) is 2.38. The van der Waals surface area contributed by atoms with Crippen molar-refractivity contribution < 1.29 is 4.39 Å². The highest BCUT2D eigenvalue weighted by Crippen LogP contribution is 2.35. The zero-order valence-electron chi connectivity index (χ0n) is 16.7. The third-order valence-electron chi connectivity index (χ3n) is 6.16. The van der Waals surface area contributed by atoms with Crippen LogP contribution in [0.1, 0.15) is 44.4 Å². The SMILES string of the molecule is C[C@@H]1C[C@@H](C)CN(c2c3c(nc4cc(-c5ccc(F)cc5)nn24)CCCC3)C1. The van der Waals surface area contributed by atoms with E-state index in [2.05, 4.69) is 18.7 Å². The third kappa shape index (κ3) is 3.07. The molecule has 1 aliphatic heterocycles. The molecule has 1 aliphatic carbocycles. The number of rotatable bonds is 2. The van der Waals surface area contributed by atoms with Crippen molar-refractivity contribution in [1.29, 1.82) is 0 Å². The highest BCUT2D eigenvalue weighted by Gasteiger charge is 2.29. The molecular weight excluding hydrogens is 351 g/mol. The van der Waals surface area contributed by atoms with Crippen molar-refractivity contribution in [3.63, 3.8) is 0 Å². The molecule has 2 atom stereocenters. The molecule has 0 unspecified atom stereocenters. The van der Waals surface area contributed by atoms with Gasteiger partial charge in [0.15, 0.2) is 5.65 Å². The van der Waals surface area contributed by atoms with Gasteiger partial charge in [-0.25, -0.2) is 9.37 Å². The van der Waals surface area contributed by atoms with Gasteiger partial charge in [-0.15, -0.1) is 0 Å². The Bertz CT molecular complexity index is 998. The van der Waals surface area contributed by atoms with Crippen LogP contribution in [-0.4, -0.2) is 27.7 Å². The van der Waals surface area contributed by atoms with E-state index in [9.17, 15) is 4.39 Å². The van der Waals surface area contributed by atoms with Gasteiger partial charge in [0.2, 0.25) is 0 Å². The average molecular weight is 378 g/mol. The van der Waals surface area contributed by atoms with Crippen LogP contribution in [0.2, 0.25) is 0 Å². The minimum atomic E-state index is -0.224. The number of aromatic nitrogens is 3. The maximum absolute atomic E-state index is 13.3. The summed E-state index contributed by atoms with van der Waals surface area (Å²) in [6, 6.07) is 8.62. The van der Waals surface area contributed by atoms with Gasteiger partial charge in [0.1, 0.15) is 11.6 Å². The Morgan fingerprint density at radius 1 is 1.00 bits per heavy atom. The van der Waals surface area contributed by atoms with Gasteiger partial charge in [-0.3, -0.25) is 0 Å². The Hall–Kier alpha value is -2.43. The van der Waals surface area contributed by atoms with Gasteiger partial charge in [0.05, 0.1) is 5.69 Å². The second-order valence-electron chi connectivity index (χ2n) is 8.73. The van der Waals surface area contributed by atoms with Crippen LogP contribution in [0.25, 0.3) is 16.9 Å². The third-order valence-corrected chi connectivity index (χ3v) is 6.16. The summed E-state index contributed by atoms with van der Waals surface area (Å²) in [4.78, 5) is 7.51. The molecule has 4 nitrogen and oxygen atoms in total. The standard InChI is InChI=1S/C23H27FN4/c1-15-11-16(2)14-27(13-15)23-19-5-3-4-6-20(19)25-22-12-21(26-28(22)23)17-7-9-18(24)10-8-17/h7-10,12,15-16H,3-6,11,13-14H2,1-2H3/t15-,16-/m1/s1. The van der Waals surface area contributed by atoms with Crippen LogP contribution in [-0.2, 0) is 12.8 Å². The predicted octanol–water partition coefficient (Wildman–Crippen LogP) is 4.90. The fraction of sp³-hybridized carbons (Fsp3) is 0.478. The molecule has 0 saturated carbocycles. The van der Waals surface area contributed by atoms with Crippen molar-refractivity contribution in [1.82, 2.24) is 14.6 Å². The minimum Gasteiger partial charge on any atom is -0.356 e. The molecule has 0 amide bonds. The first-order chi connectivity index (χ1) is 13.6. The van der Waals surface area contributed by atoms with Crippen molar-refractivity contribution >= 4 is 11.5 Å². The van der Waals surface area contributed by atoms with Crippen LogP contribution < -0.4 is 4.90 Å². The largest absolute Gasteiger partial charge is 0.356 e. The van der Waals surface area contributed by atoms with Gasteiger partial charge in [-0.1, -0.05) is 13.8 Å². The fourth-order valence-electron chi connectivity index (χ4n) is 5.05. The van der Waals surface area contributed by atoms with Crippen LogP contribution in [0.15, 0.2) is 30.3 Å². The van der Waals surface area contributed by atoms with Crippen LogP contribution in [0, 0.1) is 17.7 Å². The van der Waals surface area contributed by atoms with Gasteiger partial charge in [-0.05, 0) is 68.2 Å². The van der Waals surface area contributed by atoms with Crippen LogP contribution in [0.5, 0.6) is 0 Å². The highest BCUT2D eigenvalue weighted by molar-refractivity contribution is 5.67. The van der Waals surface area contributed by atoms with Gasteiger partial charge in [0.25, 0.3) is 0 Å². The summed E-state index contributed by atoms with van der Waals surface area (Å²) >= 11 is 0. The van der Waals surface area contributed by atoms with Crippen LogP contribution >= 0.6 is 0 Å². The first-order valence-corrected chi connectivity index (χ1v) is 10.5. The van der Waals surface area contributed by atoms with E-state index in [4.69, 9.17) is 10.1 Å². The lowest BCUT2D eigenvalue weighted by atomic mass is 9.90. The zero-order valence-corrected chi connectivity index (χ0v) is 16.7. The Kier molecular flexibility index (Phi) is 4.33. The van der Waals surface area contributed by atoms with Crippen molar-refractivity contribution in [2.45, 2.75) is 46.0 Å². The monoisotopic (exact) mass is 378 g/mol. The molecule has 0 radical (unpaired) electrons. The summed E-state index contributed by atoms with van der Waals surface area (Å²) in [7, 11) is 0. The minimum absolute atomic E-state index is 0.224. The number of hydrogen-bond acceptors (Lipinski definition) is 3. The maximum Gasteiger partial charge on any atom is 0.158 e. The second kappa shape index (κ2) is 6.87. The van der Waals surface area contributed by atoms with Crippen molar-refractivity contribution in [3.05, 3.63) is 47.4 Å². The van der Waals surface area contributed by atoms with Crippen LogP contribution in [0.3, 0.4) is 0 Å². The molecule has 0 spiro atoms. The number of hydrogen-bond donors (Lipinski definition) is 0. The maximum atomic E-state index is 13.3. The Balaban J connectivity index is 1.68. The predicted molar refractivity (Wildman–Crippen MR) is 110 cm³/mol. The molecule has 146 valence electrons. The number of anilines is 1. The molecule has 0 bridgehead atoms. The second-order valence-corrected chi connectivity index (χ2v) is 8.73. The Morgan fingerprint density at radius 3 is 2.46 bits per heavy atom. The molecule has 1 fully saturated rings. The van der Waals surface area contributed by atoms with E-state index in [0.29, 0.717) is 11.8 Å². The topological polar surface area (TPSA) is 33.4 Å². The van der Waals surface area contributed by atoms with Gasteiger partial charge < -0.3 is 4.90 Å². The normalized spacial score (nSPS) is 22.5. The van der Waals surface area contributed by atoms with Gasteiger partial charge in [-0.2, -0.15) is 9.61 Å². The van der Waals surface area contributed by atoms with Crippen molar-refractivity contribution in [3.8, 4) is 11.3 Å². The number of halogens is 1. The van der Waals surface area contributed by atoms with E-state index in [1.54, 1.807) is 12.1 Å². The first kappa shape index (κ1) is 17.7. The quantitative estimate of drug-likeness (QED) is 0.636. The summed E-state index contributed by atoms with van der Waals surface area (Å²) in [6.07, 6.45) is 5.85. The first-order valence-electron chi connectivity index (χ1n) is 10.5. The summed E-state index contributed by atoms with van der Waals surface area (Å²) < 4.78 is 15.4. The Labute approximate surface area is 165 Å². The molecule has 2 aliphatic rings. The summed E-state index contributed by atoms with van der Waals surface area (Å²) in [6.45, 7) is 6.84. The fourth-order valence-corrected chi connectivity index (χ4v) is 5.05. The molecule has 2 aromatic heterocycles. The van der Waals surface area contributed by atoms with Crippen LogP contribution in [0.4, 0.5) is 10.2 Å². The number of aryl methyl sites for hydroxylation is 1. The smallest absolute Gasteiger partial charge is 0.158 e. The number of fused-ring (bicyclic) bond motifs is 2. The van der Waals surface area contributed by atoms with E-state index in [-0.39, 0.29) is 5.82 Å². The lowest BCUT2D eigenvalue weighted by Crippen LogP contribution is -2.40. The molecule has 28 heavy (non-hydrogen) atoms. The number of piperidine rings is 1. The van der Waals surface area contributed by atoms with Crippen molar-refractivity contribution in [2.75, 3.05) is 18.0 Å². The lowest BCUT2D eigenvalue weighted by Gasteiger charge is -2.38. The zero-order chi connectivity index (χ0) is 19.3. The number of benzene rings is 1. The molecule has 5 rings (SSSR count). The molecule has 1 saturated heterocycles. The molecule has 5 heteroatoms. The Morgan fingerprint density at radius 2 is 1.71 bits per heavy atom. The van der Waals surface area contributed by atoms with Gasteiger partial charge >= 0.3 is 0 Å². The van der Waals surface area contributed by atoms with E-state index >= 15 is 0 Å². The molecular formula is C23H27FN4. The van der Waals surface area contributed by atoms with Crippen molar-refractivity contribution in [2.24, 2.45) is 11.8 Å². The molecule has 3 heterocycles. The van der Waals surface area contributed by atoms with E-state index in [0.717, 1.165) is 42.8 Å². The number of nitrogens with zero attached hydrogens (tertiary/aromatic N) is 4. The van der Waals surface area contributed by atoms with E-state index in [1.807, 2.05) is 10.6 Å². The van der Waals surface area contributed by atoms with Gasteiger partial charge in [0, 0.05) is 36.0 Å².